The van der Waals surface area contributed by atoms with E-state index in [0.717, 1.165) is 29.7 Å². The highest BCUT2D eigenvalue weighted by atomic mass is 16.5. The molecule has 0 bridgehead atoms. The molecule has 1 aliphatic carbocycles. The number of ether oxygens (including phenoxy) is 1. The molecule has 2 N–H and O–H groups in total. The smallest absolute Gasteiger partial charge is 0.237 e. The lowest BCUT2D eigenvalue weighted by Crippen LogP contribution is -2.56. The molecule has 6 nitrogen and oxygen atoms in total. The molecular formula is C24H29N3O3. The molecule has 2 aliphatic rings. The van der Waals surface area contributed by atoms with Gasteiger partial charge in [0, 0.05) is 25.2 Å². The fourth-order valence-electron chi connectivity index (χ4n) is 4.18. The average molecular weight is 408 g/mol. The van der Waals surface area contributed by atoms with Crippen molar-refractivity contribution in [2.75, 3.05) is 19.7 Å². The Kier molecular flexibility index (Phi) is 6.04. The van der Waals surface area contributed by atoms with E-state index in [-0.39, 0.29) is 23.8 Å². The molecule has 0 spiro atoms. The predicted octanol–water partition coefficient (Wildman–Crippen LogP) is 2.58. The molecule has 1 saturated carbocycles. The van der Waals surface area contributed by atoms with Crippen molar-refractivity contribution in [2.24, 2.45) is 0 Å². The summed E-state index contributed by atoms with van der Waals surface area (Å²) in [4.78, 5) is 27.6. The van der Waals surface area contributed by atoms with E-state index in [1.807, 2.05) is 49.4 Å². The van der Waals surface area contributed by atoms with Gasteiger partial charge in [-0.3, -0.25) is 14.5 Å². The van der Waals surface area contributed by atoms with E-state index in [9.17, 15) is 9.59 Å². The number of carbonyl (C=O) groups is 2. The Bertz CT molecular complexity index is 896. The van der Waals surface area contributed by atoms with E-state index in [1.165, 1.54) is 0 Å². The normalized spacial score (nSPS) is 20.3. The molecule has 1 aliphatic heterocycles. The third-order valence-corrected chi connectivity index (χ3v) is 5.92. The van der Waals surface area contributed by atoms with Gasteiger partial charge in [0.25, 0.3) is 0 Å². The monoisotopic (exact) mass is 407 g/mol. The molecule has 2 fully saturated rings. The van der Waals surface area contributed by atoms with Gasteiger partial charge in [-0.2, -0.15) is 0 Å². The summed E-state index contributed by atoms with van der Waals surface area (Å²) < 4.78 is 5.74. The third-order valence-electron chi connectivity index (χ3n) is 5.92. The Balaban J connectivity index is 1.45. The van der Waals surface area contributed by atoms with E-state index in [0.29, 0.717) is 26.2 Å². The largest absolute Gasteiger partial charge is 0.494 e. The number of hydrogen-bond donors (Lipinski definition) is 2. The topological polar surface area (TPSA) is 70.7 Å². The molecule has 6 heteroatoms. The van der Waals surface area contributed by atoms with E-state index >= 15 is 0 Å². The summed E-state index contributed by atoms with van der Waals surface area (Å²) in [6.07, 6.45) is 2.02. The number of amides is 2. The zero-order valence-corrected chi connectivity index (χ0v) is 17.4. The van der Waals surface area contributed by atoms with Crippen LogP contribution in [0.2, 0.25) is 0 Å². The van der Waals surface area contributed by atoms with Crippen LogP contribution in [0, 0.1) is 0 Å². The number of carbonyl (C=O) groups excluding carboxylic acids is 2. The van der Waals surface area contributed by atoms with Crippen molar-refractivity contribution < 1.29 is 14.3 Å². The van der Waals surface area contributed by atoms with Crippen LogP contribution >= 0.6 is 0 Å². The number of benzene rings is 2. The molecular weight excluding hydrogens is 378 g/mol. The highest BCUT2D eigenvalue weighted by Gasteiger charge is 2.46. The van der Waals surface area contributed by atoms with Crippen molar-refractivity contribution in [1.29, 1.82) is 0 Å². The number of nitrogens with zero attached hydrogens (tertiary/aromatic N) is 1. The molecule has 0 radical (unpaired) electrons. The van der Waals surface area contributed by atoms with Gasteiger partial charge >= 0.3 is 0 Å². The van der Waals surface area contributed by atoms with Crippen molar-refractivity contribution in [2.45, 2.75) is 44.3 Å². The van der Waals surface area contributed by atoms with Crippen LogP contribution in [0.3, 0.4) is 0 Å². The minimum Gasteiger partial charge on any atom is -0.494 e. The van der Waals surface area contributed by atoms with Crippen LogP contribution in [0.1, 0.15) is 37.3 Å². The van der Waals surface area contributed by atoms with Gasteiger partial charge in [-0.15, -0.1) is 0 Å². The van der Waals surface area contributed by atoms with Crippen LogP contribution in [-0.4, -0.2) is 42.5 Å². The van der Waals surface area contributed by atoms with Crippen LogP contribution in [0.25, 0.3) is 0 Å². The fraction of sp³-hybridized carbons (Fsp3) is 0.417. The van der Waals surface area contributed by atoms with Gasteiger partial charge in [-0.1, -0.05) is 48.5 Å². The Morgan fingerprint density at radius 2 is 1.90 bits per heavy atom. The molecule has 1 atom stereocenters. The molecule has 4 rings (SSSR count). The summed E-state index contributed by atoms with van der Waals surface area (Å²) in [6.45, 7) is 4.41. The average Bonchev–Trinajstić information content (AvgIpc) is 3.53. The zero-order valence-electron chi connectivity index (χ0n) is 17.4. The lowest BCUT2D eigenvalue weighted by atomic mass is 10.0. The first-order valence-corrected chi connectivity index (χ1v) is 10.7. The third kappa shape index (κ3) is 4.49. The molecule has 1 saturated heterocycles. The van der Waals surface area contributed by atoms with Crippen LogP contribution in [0.15, 0.2) is 54.6 Å². The van der Waals surface area contributed by atoms with Crippen molar-refractivity contribution in [3.63, 3.8) is 0 Å². The standard InChI is InChI=1S/C24H29N3O3/c1-2-30-21-11-7-6-8-18(21)17-27-15-14-25-23(29)20(27)16-22(28)26-24(12-13-24)19-9-4-3-5-10-19/h3-11,20H,2,12-17H2,1H3,(H,25,29)(H,26,28)/t20-/m0/s1. The summed E-state index contributed by atoms with van der Waals surface area (Å²) in [7, 11) is 0. The summed E-state index contributed by atoms with van der Waals surface area (Å²) in [5.74, 6) is 0.659. The molecule has 158 valence electrons. The minimum atomic E-state index is -0.486. The van der Waals surface area contributed by atoms with Gasteiger partial charge in [-0.05, 0) is 31.4 Å². The first-order chi connectivity index (χ1) is 14.6. The van der Waals surface area contributed by atoms with Gasteiger partial charge in [-0.25, -0.2) is 0 Å². The maximum atomic E-state index is 12.9. The van der Waals surface area contributed by atoms with Crippen molar-refractivity contribution in [3.05, 3.63) is 65.7 Å². The van der Waals surface area contributed by atoms with Crippen molar-refractivity contribution >= 4 is 11.8 Å². The second kappa shape index (κ2) is 8.88. The second-order valence-electron chi connectivity index (χ2n) is 8.02. The van der Waals surface area contributed by atoms with Gasteiger partial charge in [0.2, 0.25) is 11.8 Å². The van der Waals surface area contributed by atoms with Crippen LogP contribution < -0.4 is 15.4 Å². The molecule has 2 amide bonds. The first-order valence-electron chi connectivity index (χ1n) is 10.7. The molecule has 2 aromatic carbocycles. The Hall–Kier alpha value is -2.86. The van der Waals surface area contributed by atoms with Gasteiger partial charge in [0.15, 0.2) is 0 Å². The lowest BCUT2D eigenvalue weighted by molar-refractivity contribution is -0.134. The maximum absolute atomic E-state index is 12.9. The predicted molar refractivity (Wildman–Crippen MR) is 115 cm³/mol. The molecule has 0 aromatic heterocycles. The number of rotatable bonds is 8. The number of para-hydroxylation sites is 1. The van der Waals surface area contributed by atoms with Crippen molar-refractivity contribution in [3.8, 4) is 5.75 Å². The molecule has 30 heavy (non-hydrogen) atoms. The molecule has 1 heterocycles. The lowest BCUT2D eigenvalue weighted by Gasteiger charge is -2.35. The Morgan fingerprint density at radius 1 is 1.17 bits per heavy atom. The summed E-state index contributed by atoms with van der Waals surface area (Å²) in [6, 6.07) is 17.5. The molecule has 0 unspecified atom stereocenters. The highest BCUT2D eigenvalue weighted by Crippen LogP contribution is 2.45. The Labute approximate surface area is 177 Å². The number of piperazine rings is 1. The summed E-state index contributed by atoms with van der Waals surface area (Å²) >= 11 is 0. The van der Waals surface area contributed by atoms with E-state index in [1.54, 1.807) is 0 Å². The Morgan fingerprint density at radius 3 is 2.63 bits per heavy atom. The maximum Gasteiger partial charge on any atom is 0.237 e. The van der Waals surface area contributed by atoms with Gasteiger partial charge in [0.05, 0.1) is 24.6 Å². The summed E-state index contributed by atoms with van der Waals surface area (Å²) in [5, 5.41) is 6.11. The van der Waals surface area contributed by atoms with Crippen LogP contribution in [-0.2, 0) is 21.7 Å². The molecule has 2 aromatic rings. The fourth-order valence-corrected chi connectivity index (χ4v) is 4.18. The van der Waals surface area contributed by atoms with E-state index in [2.05, 4.69) is 27.7 Å². The van der Waals surface area contributed by atoms with Gasteiger partial charge in [0.1, 0.15) is 5.75 Å². The van der Waals surface area contributed by atoms with E-state index in [4.69, 9.17) is 4.74 Å². The second-order valence-corrected chi connectivity index (χ2v) is 8.02. The van der Waals surface area contributed by atoms with Crippen LogP contribution in [0.4, 0.5) is 0 Å². The zero-order chi connectivity index (χ0) is 21.0. The highest BCUT2D eigenvalue weighted by molar-refractivity contribution is 5.89. The quantitative estimate of drug-likeness (QED) is 0.706. The number of nitrogens with one attached hydrogen (secondary N) is 2. The summed E-state index contributed by atoms with van der Waals surface area (Å²) in [5.41, 5.74) is 1.90. The SMILES string of the molecule is CCOc1ccccc1CN1CCNC(=O)[C@@H]1CC(=O)NC1(c2ccccc2)CC1. The first kappa shape index (κ1) is 20.4. The minimum absolute atomic E-state index is 0.0819. The van der Waals surface area contributed by atoms with Gasteiger partial charge < -0.3 is 15.4 Å². The number of hydrogen-bond acceptors (Lipinski definition) is 4. The van der Waals surface area contributed by atoms with Crippen molar-refractivity contribution in [1.82, 2.24) is 15.5 Å². The van der Waals surface area contributed by atoms with Crippen LogP contribution in [0.5, 0.6) is 5.75 Å². The van der Waals surface area contributed by atoms with E-state index < -0.39 is 6.04 Å².